The fraction of sp³-hybridized carbons (Fsp3) is 0.111. The summed E-state index contributed by atoms with van der Waals surface area (Å²) < 4.78 is 4.55. The number of carboxylic acid groups (broad SMARTS) is 1. The van der Waals surface area contributed by atoms with Crippen molar-refractivity contribution < 1.29 is 19.4 Å². The van der Waals surface area contributed by atoms with Crippen molar-refractivity contribution in [2.24, 2.45) is 0 Å². The van der Waals surface area contributed by atoms with Crippen molar-refractivity contribution in [2.75, 3.05) is 7.11 Å². The Labute approximate surface area is 89.1 Å². The minimum absolute atomic E-state index is 0.124. The van der Waals surface area contributed by atoms with E-state index in [1.165, 1.54) is 13.3 Å². The molecule has 2 N–H and O–H groups in total. The third-order valence-corrected chi connectivity index (χ3v) is 2.05. The number of carbonyl (C=O) groups excluding carboxylic acids is 1. The SMILES string of the molecule is COC(=O)c1cc(C(=O)O)nc2[nH]ncc12. The van der Waals surface area contributed by atoms with Gasteiger partial charge < -0.3 is 9.84 Å². The number of hydrogen-bond donors (Lipinski definition) is 2. The van der Waals surface area contributed by atoms with Crippen molar-refractivity contribution in [2.45, 2.75) is 0 Å². The van der Waals surface area contributed by atoms with Crippen LogP contribution in [0.5, 0.6) is 0 Å². The smallest absolute Gasteiger partial charge is 0.354 e. The van der Waals surface area contributed by atoms with Gasteiger partial charge in [0.25, 0.3) is 0 Å². The van der Waals surface area contributed by atoms with Crippen molar-refractivity contribution in [3.8, 4) is 0 Å². The van der Waals surface area contributed by atoms with Crippen molar-refractivity contribution in [1.82, 2.24) is 15.2 Å². The molecule has 7 heteroatoms. The number of ether oxygens (including phenoxy) is 1. The van der Waals surface area contributed by atoms with Gasteiger partial charge in [-0.05, 0) is 6.07 Å². The molecule has 0 aliphatic carbocycles. The molecular formula is C9H7N3O4. The number of aromatic amines is 1. The average molecular weight is 221 g/mol. The molecule has 0 amide bonds. The summed E-state index contributed by atoms with van der Waals surface area (Å²) in [6.45, 7) is 0. The van der Waals surface area contributed by atoms with Crippen LogP contribution in [0.1, 0.15) is 20.8 Å². The number of hydrogen-bond acceptors (Lipinski definition) is 5. The van der Waals surface area contributed by atoms with E-state index in [1.54, 1.807) is 0 Å². The summed E-state index contributed by atoms with van der Waals surface area (Å²) in [5.74, 6) is -1.85. The average Bonchev–Trinajstić information content (AvgIpc) is 2.74. The molecular weight excluding hydrogens is 214 g/mol. The van der Waals surface area contributed by atoms with Crippen LogP contribution in [0.25, 0.3) is 11.0 Å². The number of pyridine rings is 1. The number of nitrogens with one attached hydrogen (secondary N) is 1. The molecule has 7 nitrogen and oxygen atoms in total. The summed E-state index contributed by atoms with van der Waals surface area (Å²) >= 11 is 0. The highest BCUT2D eigenvalue weighted by atomic mass is 16.5. The van der Waals surface area contributed by atoms with Gasteiger partial charge in [-0.1, -0.05) is 0 Å². The summed E-state index contributed by atoms with van der Waals surface area (Å²) in [5, 5.41) is 15.4. The standard InChI is InChI=1S/C9H7N3O4/c1-16-9(15)4-2-6(8(13)14)11-7-5(4)3-10-12-7/h2-3H,1H3,(H,13,14)(H,10,11,12). The number of nitrogens with zero attached hydrogens (tertiary/aromatic N) is 2. The number of esters is 1. The Balaban J connectivity index is 2.73. The van der Waals surface area contributed by atoms with E-state index in [0.717, 1.165) is 6.07 Å². The van der Waals surface area contributed by atoms with Crippen LogP contribution in [0.15, 0.2) is 12.3 Å². The van der Waals surface area contributed by atoms with Crippen molar-refractivity contribution in [1.29, 1.82) is 0 Å². The number of aromatic nitrogens is 3. The van der Waals surface area contributed by atoms with Crippen LogP contribution in [0.2, 0.25) is 0 Å². The molecule has 2 aromatic heterocycles. The van der Waals surface area contributed by atoms with E-state index in [4.69, 9.17) is 5.11 Å². The largest absolute Gasteiger partial charge is 0.477 e. The lowest BCUT2D eigenvalue weighted by molar-refractivity contribution is 0.0603. The predicted molar refractivity (Wildman–Crippen MR) is 52.2 cm³/mol. The van der Waals surface area contributed by atoms with Gasteiger partial charge in [0.05, 0.1) is 24.3 Å². The van der Waals surface area contributed by atoms with Gasteiger partial charge in [-0.2, -0.15) is 5.10 Å². The molecule has 0 aromatic carbocycles. The highest BCUT2D eigenvalue weighted by Gasteiger charge is 2.17. The van der Waals surface area contributed by atoms with E-state index in [9.17, 15) is 9.59 Å². The van der Waals surface area contributed by atoms with E-state index in [2.05, 4.69) is 19.9 Å². The second-order valence-corrected chi connectivity index (χ2v) is 2.98. The Bertz CT molecular complexity index is 575. The normalized spacial score (nSPS) is 10.3. The number of fused-ring (bicyclic) bond motifs is 1. The zero-order chi connectivity index (χ0) is 11.7. The molecule has 0 unspecified atom stereocenters. The van der Waals surface area contributed by atoms with E-state index in [0.29, 0.717) is 5.39 Å². The second-order valence-electron chi connectivity index (χ2n) is 2.98. The van der Waals surface area contributed by atoms with Crippen LogP contribution >= 0.6 is 0 Å². The number of carboxylic acids is 1. The van der Waals surface area contributed by atoms with E-state index in [1.807, 2.05) is 0 Å². The lowest BCUT2D eigenvalue weighted by Crippen LogP contribution is -2.07. The van der Waals surface area contributed by atoms with Crippen LogP contribution in [0, 0.1) is 0 Å². The van der Waals surface area contributed by atoms with Gasteiger partial charge in [0.1, 0.15) is 0 Å². The summed E-state index contributed by atoms with van der Waals surface area (Å²) in [7, 11) is 1.22. The molecule has 82 valence electrons. The molecule has 0 spiro atoms. The molecule has 0 saturated heterocycles. The maximum Gasteiger partial charge on any atom is 0.354 e. The Hall–Kier alpha value is -2.44. The molecule has 16 heavy (non-hydrogen) atoms. The Morgan fingerprint density at radius 2 is 2.25 bits per heavy atom. The minimum atomic E-state index is -1.22. The molecule has 2 aromatic rings. The first kappa shape index (κ1) is 10.1. The fourth-order valence-electron chi connectivity index (χ4n) is 1.32. The predicted octanol–water partition coefficient (Wildman–Crippen LogP) is 0.443. The summed E-state index contributed by atoms with van der Waals surface area (Å²) in [6, 6.07) is 1.16. The van der Waals surface area contributed by atoms with Gasteiger partial charge in [0.2, 0.25) is 0 Å². The van der Waals surface area contributed by atoms with E-state index < -0.39 is 11.9 Å². The van der Waals surface area contributed by atoms with Gasteiger partial charge in [0.15, 0.2) is 11.3 Å². The molecule has 2 rings (SSSR count). The maximum absolute atomic E-state index is 11.4. The van der Waals surface area contributed by atoms with Crippen LogP contribution in [0.3, 0.4) is 0 Å². The molecule has 0 atom stereocenters. The topological polar surface area (TPSA) is 105 Å². The molecule has 0 aliphatic rings. The van der Waals surface area contributed by atoms with Crippen molar-refractivity contribution in [3.05, 3.63) is 23.5 Å². The summed E-state index contributed by atoms with van der Waals surface area (Å²) in [4.78, 5) is 26.0. The van der Waals surface area contributed by atoms with E-state index >= 15 is 0 Å². The summed E-state index contributed by atoms with van der Waals surface area (Å²) in [5.41, 5.74) is 0.121. The highest BCUT2D eigenvalue weighted by Crippen LogP contribution is 2.17. The van der Waals surface area contributed by atoms with Crippen LogP contribution in [-0.2, 0) is 4.74 Å². The molecule has 0 radical (unpaired) electrons. The monoisotopic (exact) mass is 221 g/mol. The van der Waals surface area contributed by atoms with Gasteiger partial charge >= 0.3 is 11.9 Å². The number of rotatable bonds is 2. The van der Waals surface area contributed by atoms with E-state index in [-0.39, 0.29) is 16.9 Å². The van der Waals surface area contributed by atoms with Crippen LogP contribution in [0.4, 0.5) is 0 Å². The van der Waals surface area contributed by atoms with Gasteiger partial charge in [-0.15, -0.1) is 0 Å². The third kappa shape index (κ3) is 1.48. The zero-order valence-electron chi connectivity index (χ0n) is 8.22. The molecule has 2 heterocycles. The van der Waals surface area contributed by atoms with Gasteiger partial charge in [-0.25, -0.2) is 14.6 Å². The zero-order valence-corrected chi connectivity index (χ0v) is 8.22. The number of methoxy groups -OCH3 is 1. The highest BCUT2D eigenvalue weighted by molar-refractivity contribution is 6.04. The van der Waals surface area contributed by atoms with Crippen LogP contribution in [-0.4, -0.2) is 39.3 Å². The molecule has 0 aliphatic heterocycles. The lowest BCUT2D eigenvalue weighted by Gasteiger charge is -2.01. The first-order chi connectivity index (χ1) is 7.63. The summed E-state index contributed by atoms with van der Waals surface area (Å²) in [6.07, 6.45) is 1.39. The number of carbonyl (C=O) groups is 2. The number of aromatic carboxylic acids is 1. The van der Waals surface area contributed by atoms with Crippen molar-refractivity contribution >= 4 is 23.0 Å². The Kier molecular flexibility index (Phi) is 2.28. The van der Waals surface area contributed by atoms with Crippen LogP contribution < -0.4 is 0 Å². The van der Waals surface area contributed by atoms with Gasteiger partial charge in [-0.3, -0.25) is 5.10 Å². The minimum Gasteiger partial charge on any atom is -0.477 e. The molecule has 0 saturated carbocycles. The molecule has 0 bridgehead atoms. The second kappa shape index (κ2) is 3.61. The van der Waals surface area contributed by atoms with Crippen molar-refractivity contribution in [3.63, 3.8) is 0 Å². The third-order valence-electron chi connectivity index (χ3n) is 2.05. The lowest BCUT2D eigenvalue weighted by atomic mass is 10.1. The maximum atomic E-state index is 11.4. The Morgan fingerprint density at radius 1 is 1.50 bits per heavy atom. The quantitative estimate of drug-likeness (QED) is 0.713. The first-order valence-corrected chi connectivity index (χ1v) is 4.29. The van der Waals surface area contributed by atoms with Gasteiger partial charge in [0, 0.05) is 0 Å². The fourth-order valence-corrected chi connectivity index (χ4v) is 1.32. The Morgan fingerprint density at radius 3 is 2.88 bits per heavy atom. The number of H-pyrrole nitrogens is 1. The molecule has 0 fully saturated rings. The first-order valence-electron chi connectivity index (χ1n) is 4.29.